The van der Waals surface area contributed by atoms with Crippen molar-refractivity contribution in [1.82, 2.24) is 4.90 Å². The summed E-state index contributed by atoms with van der Waals surface area (Å²) in [5.41, 5.74) is 6.21. The average molecular weight is 248 g/mol. The summed E-state index contributed by atoms with van der Waals surface area (Å²) in [4.78, 5) is 2.28. The molecule has 1 aliphatic rings. The van der Waals surface area contributed by atoms with Crippen LogP contribution in [0.1, 0.15) is 25.8 Å². The average Bonchev–Trinajstić information content (AvgIpc) is 2.28. The van der Waals surface area contributed by atoms with Gasteiger partial charge in [-0.05, 0) is 24.8 Å². The Morgan fingerprint density at radius 2 is 2.00 bits per heavy atom. The van der Waals surface area contributed by atoms with Crippen LogP contribution in [0.5, 0.6) is 0 Å². The number of aliphatic hydroxyl groups is 1. The summed E-state index contributed by atoms with van der Waals surface area (Å²) in [6.45, 7) is 6.66. The Bertz CT molecular complexity index is 367. The van der Waals surface area contributed by atoms with Crippen molar-refractivity contribution in [3.8, 4) is 0 Å². The molecule has 1 saturated heterocycles. The molecule has 1 aromatic rings. The Balaban J connectivity index is 2.04. The maximum atomic E-state index is 10.6. The van der Waals surface area contributed by atoms with Crippen LogP contribution in [0.15, 0.2) is 30.3 Å². The van der Waals surface area contributed by atoms with E-state index in [1.165, 1.54) is 0 Å². The van der Waals surface area contributed by atoms with E-state index in [2.05, 4.69) is 11.8 Å². The Morgan fingerprint density at radius 1 is 1.33 bits per heavy atom. The number of β-amino-alcohol motifs (C(OH)–C–C–N with tert-alkyl or cyclic N) is 1. The lowest BCUT2D eigenvalue weighted by Gasteiger charge is -2.39. The molecule has 0 radical (unpaired) electrons. The van der Waals surface area contributed by atoms with Gasteiger partial charge in [0.05, 0.1) is 5.60 Å². The third-order valence-electron chi connectivity index (χ3n) is 3.69. The summed E-state index contributed by atoms with van der Waals surface area (Å²) in [6, 6.07) is 10.1. The molecule has 3 nitrogen and oxygen atoms in total. The lowest BCUT2D eigenvalue weighted by atomic mass is 9.91. The number of nitrogens with zero attached hydrogens (tertiary/aromatic N) is 1. The van der Waals surface area contributed by atoms with Crippen LogP contribution in [0.3, 0.4) is 0 Å². The third kappa shape index (κ3) is 3.31. The van der Waals surface area contributed by atoms with E-state index >= 15 is 0 Å². The summed E-state index contributed by atoms with van der Waals surface area (Å²) >= 11 is 0. The van der Waals surface area contributed by atoms with Crippen LogP contribution in [0.4, 0.5) is 0 Å². The second-order valence-electron chi connectivity index (χ2n) is 5.93. The van der Waals surface area contributed by atoms with Gasteiger partial charge in [0, 0.05) is 25.7 Å². The van der Waals surface area contributed by atoms with E-state index in [4.69, 9.17) is 5.73 Å². The molecule has 1 fully saturated rings. The summed E-state index contributed by atoms with van der Waals surface area (Å²) in [5.74, 6) is 0.611. The first-order valence-electron chi connectivity index (χ1n) is 6.73. The smallest absolute Gasteiger partial charge is 0.0994 e. The molecule has 1 heterocycles. The van der Waals surface area contributed by atoms with Gasteiger partial charge in [-0.1, -0.05) is 37.3 Å². The Labute approximate surface area is 110 Å². The first-order valence-corrected chi connectivity index (χ1v) is 6.73. The van der Waals surface area contributed by atoms with Gasteiger partial charge < -0.3 is 10.8 Å². The fourth-order valence-electron chi connectivity index (χ4n) is 2.97. The maximum absolute atomic E-state index is 10.6. The van der Waals surface area contributed by atoms with Gasteiger partial charge >= 0.3 is 0 Å². The summed E-state index contributed by atoms with van der Waals surface area (Å²) in [6.07, 6.45) is 1.09. The Kier molecular flexibility index (Phi) is 4.05. The van der Waals surface area contributed by atoms with Crippen molar-refractivity contribution in [2.75, 3.05) is 19.6 Å². The molecule has 100 valence electrons. The molecule has 0 saturated carbocycles. The van der Waals surface area contributed by atoms with Crippen molar-refractivity contribution in [1.29, 1.82) is 0 Å². The van der Waals surface area contributed by atoms with Crippen molar-refractivity contribution >= 4 is 0 Å². The van der Waals surface area contributed by atoms with E-state index in [1.54, 1.807) is 0 Å². The summed E-state index contributed by atoms with van der Waals surface area (Å²) in [7, 11) is 0. The highest BCUT2D eigenvalue weighted by Gasteiger charge is 2.30. The van der Waals surface area contributed by atoms with Crippen molar-refractivity contribution in [2.45, 2.75) is 31.9 Å². The lowest BCUT2D eigenvalue weighted by molar-refractivity contribution is 0.00171. The van der Waals surface area contributed by atoms with Crippen LogP contribution in [0.2, 0.25) is 0 Å². The molecule has 3 atom stereocenters. The van der Waals surface area contributed by atoms with Crippen LogP contribution in [-0.2, 0) is 5.60 Å². The van der Waals surface area contributed by atoms with Crippen LogP contribution >= 0.6 is 0 Å². The molecule has 0 amide bonds. The van der Waals surface area contributed by atoms with Crippen LogP contribution in [-0.4, -0.2) is 35.7 Å². The van der Waals surface area contributed by atoms with Gasteiger partial charge in [0.1, 0.15) is 0 Å². The second-order valence-corrected chi connectivity index (χ2v) is 5.93. The molecule has 2 rings (SSSR count). The summed E-state index contributed by atoms with van der Waals surface area (Å²) in [5, 5.41) is 10.6. The number of nitrogens with two attached hydrogens (primary N) is 1. The van der Waals surface area contributed by atoms with Crippen molar-refractivity contribution in [3.63, 3.8) is 0 Å². The third-order valence-corrected chi connectivity index (χ3v) is 3.69. The van der Waals surface area contributed by atoms with Gasteiger partial charge in [0.15, 0.2) is 0 Å². The highest BCUT2D eigenvalue weighted by atomic mass is 16.3. The zero-order valence-electron chi connectivity index (χ0n) is 11.3. The highest BCUT2D eigenvalue weighted by Crippen LogP contribution is 2.24. The molecular weight excluding hydrogens is 224 g/mol. The van der Waals surface area contributed by atoms with E-state index in [-0.39, 0.29) is 6.04 Å². The standard InChI is InChI=1S/C15H24N2O/c1-12-8-14(16)10-17(9-12)11-15(2,18)13-6-4-3-5-7-13/h3-7,12,14,18H,8-11,16H2,1-2H3. The SMILES string of the molecule is CC1CC(N)CN(CC(C)(O)c2ccccc2)C1. The van der Waals surface area contributed by atoms with Crippen molar-refractivity contribution < 1.29 is 5.11 Å². The van der Waals surface area contributed by atoms with Gasteiger partial charge in [0.2, 0.25) is 0 Å². The molecule has 0 spiro atoms. The first kappa shape index (κ1) is 13.5. The number of likely N-dealkylation sites (tertiary alicyclic amines) is 1. The van der Waals surface area contributed by atoms with E-state index in [9.17, 15) is 5.11 Å². The van der Waals surface area contributed by atoms with Gasteiger partial charge in [-0.15, -0.1) is 0 Å². The largest absolute Gasteiger partial charge is 0.384 e. The fourth-order valence-corrected chi connectivity index (χ4v) is 2.97. The molecular formula is C15H24N2O. The van der Waals surface area contributed by atoms with E-state index in [0.717, 1.165) is 25.1 Å². The number of hydrogen-bond donors (Lipinski definition) is 2. The zero-order chi connectivity index (χ0) is 13.2. The molecule has 1 aliphatic heterocycles. The zero-order valence-corrected chi connectivity index (χ0v) is 11.3. The first-order chi connectivity index (χ1) is 8.47. The van der Waals surface area contributed by atoms with Gasteiger partial charge in [-0.25, -0.2) is 0 Å². The lowest BCUT2D eigenvalue weighted by Crippen LogP contribution is -2.50. The van der Waals surface area contributed by atoms with Crippen LogP contribution < -0.4 is 5.73 Å². The molecule has 0 bridgehead atoms. The number of hydrogen-bond acceptors (Lipinski definition) is 3. The second kappa shape index (κ2) is 5.39. The minimum Gasteiger partial charge on any atom is -0.384 e. The van der Waals surface area contributed by atoms with Crippen LogP contribution in [0, 0.1) is 5.92 Å². The minimum absolute atomic E-state index is 0.236. The molecule has 0 aromatic heterocycles. The monoisotopic (exact) mass is 248 g/mol. The Morgan fingerprint density at radius 3 is 2.61 bits per heavy atom. The normalized spacial score (nSPS) is 28.9. The number of piperidine rings is 1. The van der Waals surface area contributed by atoms with E-state index in [1.807, 2.05) is 37.3 Å². The predicted octanol–water partition coefficient (Wildman–Crippen LogP) is 1.56. The molecule has 0 aliphatic carbocycles. The van der Waals surface area contributed by atoms with E-state index in [0.29, 0.717) is 12.5 Å². The quantitative estimate of drug-likeness (QED) is 0.853. The van der Waals surface area contributed by atoms with Gasteiger partial charge in [0.25, 0.3) is 0 Å². The van der Waals surface area contributed by atoms with Gasteiger partial charge in [-0.2, -0.15) is 0 Å². The number of benzene rings is 1. The molecule has 1 aromatic carbocycles. The highest BCUT2D eigenvalue weighted by molar-refractivity contribution is 5.21. The van der Waals surface area contributed by atoms with Gasteiger partial charge in [-0.3, -0.25) is 4.90 Å². The van der Waals surface area contributed by atoms with Crippen molar-refractivity contribution in [3.05, 3.63) is 35.9 Å². The maximum Gasteiger partial charge on any atom is 0.0994 e. The molecule has 3 N–H and O–H groups in total. The minimum atomic E-state index is -0.808. The molecule has 3 heteroatoms. The number of rotatable bonds is 3. The Hall–Kier alpha value is -0.900. The van der Waals surface area contributed by atoms with Crippen molar-refractivity contribution in [2.24, 2.45) is 11.7 Å². The summed E-state index contributed by atoms with van der Waals surface area (Å²) < 4.78 is 0. The molecule has 18 heavy (non-hydrogen) atoms. The van der Waals surface area contributed by atoms with E-state index < -0.39 is 5.60 Å². The topological polar surface area (TPSA) is 49.5 Å². The predicted molar refractivity (Wildman–Crippen MR) is 74.2 cm³/mol. The van der Waals surface area contributed by atoms with Crippen LogP contribution in [0.25, 0.3) is 0 Å². The fraction of sp³-hybridized carbons (Fsp3) is 0.600. The molecule has 3 unspecified atom stereocenters.